The number of phenols is 1. The van der Waals surface area contributed by atoms with E-state index in [1.807, 2.05) is 37.3 Å². The third-order valence-electron chi connectivity index (χ3n) is 6.23. The Bertz CT molecular complexity index is 887. The molecule has 0 aliphatic carbocycles. The summed E-state index contributed by atoms with van der Waals surface area (Å²) in [7, 11) is 0. The molecule has 4 rings (SSSR count). The summed E-state index contributed by atoms with van der Waals surface area (Å²) in [6.07, 6.45) is 5.02. The first-order valence-electron chi connectivity index (χ1n) is 10.9. The zero-order valence-corrected chi connectivity index (χ0v) is 18.4. The molecule has 5 nitrogen and oxygen atoms in total. The first kappa shape index (κ1) is 21.0. The molecule has 0 radical (unpaired) electrons. The number of halogens is 1. The molecule has 2 heterocycles. The number of benzene rings is 2. The van der Waals surface area contributed by atoms with E-state index in [1.165, 1.54) is 38.8 Å². The number of guanidine groups is 1. The number of anilines is 1. The molecular formula is C24H31ClN4O. The molecule has 0 saturated carbocycles. The van der Waals surface area contributed by atoms with E-state index >= 15 is 0 Å². The molecule has 2 aromatic rings. The Labute approximate surface area is 184 Å². The number of phenolic OH excluding ortho intramolecular Hbond substituents is 1. The van der Waals surface area contributed by atoms with Crippen LogP contribution in [0.4, 0.5) is 5.69 Å². The van der Waals surface area contributed by atoms with Crippen LogP contribution >= 0.6 is 11.6 Å². The zero-order valence-electron chi connectivity index (χ0n) is 17.6. The van der Waals surface area contributed by atoms with E-state index in [1.54, 1.807) is 12.1 Å². The predicted molar refractivity (Wildman–Crippen MR) is 124 cm³/mol. The van der Waals surface area contributed by atoms with Crippen LogP contribution in [0, 0.1) is 6.92 Å². The second-order valence-corrected chi connectivity index (χ2v) is 8.72. The van der Waals surface area contributed by atoms with E-state index < -0.39 is 0 Å². The monoisotopic (exact) mass is 426 g/mol. The lowest BCUT2D eigenvalue weighted by atomic mass is 10.0. The van der Waals surface area contributed by atoms with Gasteiger partial charge in [-0.2, -0.15) is 0 Å². The lowest BCUT2D eigenvalue weighted by Gasteiger charge is -2.38. The van der Waals surface area contributed by atoms with Crippen LogP contribution in [0.5, 0.6) is 5.75 Å². The summed E-state index contributed by atoms with van der Waals surface area (Å²) in [6.45, 7) is 7.02. The van der Waals surface area contributed by atoms with Crippen LogP contribution in [-0.2, 0) is 6.54 Å². The summed E-state index contributed by atoms with van der Waals surface area (Å²) in [4.78, 5) is 9.95. The fraction of sp³-hybridized carbons (Fsp3) is 0.458. The van der Waals surface area contributed by atoms with Gasteiger partial charge in [0.15, 0.2) is 5.96 Å². The van der Waals surface area contributed by atoms with Gasteiger partial charge >= 0.3 is 0 Å². The molecule has 0 spiro atoms. The van der Waals surface area contributed by atoms with Gasteiger partial charge in [-0.3, -0.25) is 0 Å². The van der Waals surface area contributed by atoms with Gasteiger partial charge in [0, 0.05) is 29.8 Å². The van der Waals surface area contributed by atoms with Gasteiger partial charge < -0.3 is 20.2 Å². The van der Waals surface area contributed by atoms with Crippen molar-refractivity contribution in [1.82, 2.24) is 9.80 Å². The number of rotatable bonds is 4. The van der Waals surface area contributed by atoms with E-state index in [9.17, 15) is 5.11 Å². The topological polar surface area (TPSA) is 51.1 Å². The van der Waals surface area contributed by atoms with Crippen LogP contribution in [0.25, 0.3) is 0 Å². The van der Waals surface area contributed by atoms with E-state index in [0.717, 1.165) is 40.9 Å². The number of aryl methyl sites for hydroxylation is 1. The van der Waals surface area contributed by atoms with Gasteiger partial charge in [-0.05, 0) is 81.1 Å². The van der Waals surface area contributed by atoms with Crippen LogP contribution in [-0.4, -0.2) is 53.1 Å². The minimum Gasteiger partial charge on any atom is -0.508 e. The molecule has 2 aliphatic rings. The minimum atomic E-state index is 0.277. The molecule has 2 aliphatic heterocycles. The number of hydrogen-bond acceptors (Lipinski definition) is 3. The van der Waals surface area contributed by atoms with E-state index in [2.05, 4.69) is 15.1 Å². The standard InChI is InChI=1S/C24H31ClN4O/c1-18-16-21(30)8-9-23(18)27-24(26-17-19-6-2-3-7-22(19)25)29-14-10-20(11-15-29)28-12-4-5-13-28/h2-3,6-9,16,20,30H,4-5,10-15,17H2,1H3,(H,26,27). The summed E-state index contributed by atoms with van der Waals surface area (Å²) >= 11 is 6.35. The van der Waals surface area contributed by atoms with Gasteiger partial charge in [-0.15, -0.1) is 0 Å². The summed E-state index contributed by atoms with van der Waals surface area (Å²) < 4.78 is 0. The maximum Gasteiger partial charge on any atom is 0.198 e. The Kier molecular flexibility index (Phi) is 6.80. The van der Waals surface area contributed by atoms with Gasteiger partial charge in [-0.1, -0.05) is 29.8 Å². The summed E-state index contributed by atoms with van der Waals surface area (Å²) in [5.74, 6) is 1.16. The molecule has 2 saturated heterocycles. The molecule has 0 unspecified atom stereocenters. The van der Waals surface area contributed by atoms with Crippen molar-refractivity contribution in [1.29, 1.82) is 0 Å². The first-order chi connectivity index (χ1) is 14.6. The molecule has 2 fully saturated rings. The van der Waals surface area contributed by atoms with Gasteiger partial charge in [0.1, 0.15) is 5.75 Å². The van der Waals surface area contributed by atoms with E-state index in [-0.39, 0.29) is 5.75 Å². The Hall–Kier alpha value is -2.24. The largest absolute Gasteiger partial charge is 0.508 e. The van der Waals surface area contributed by atoms with Crippen molar-refractivity contribution < 1.29 is 5.11 Å². The number of aromatic hydroxyl groups is 1. The van der Waals surface area contributed by atoms with Crippen LogP contribution in [0.15, 0.2) is 47.5 Å². The molecule has 30 heavy (non-hydrogen) atoms. The Morgan fingerprint density at radius 1 is 1.10 bits per heavy atom. The lowest BCUT2D eigenvalue weighted by molar-refractivity contribution is 0.163. The van der Waals surface area contributed by atoms with Crippen molar-refractivity contribution in [2.75, 3.05) is 31.5 Å². The van der Waals surface area contributed by atoms with Gasteiger partial charge in [0.05, 0.1) is 6.54 Å². The van der Waals surface area contributed by atoms with Crippen LogP contribution < -0.4 is 5.32 Å². The second kappa shape index (κ2) is 9.71. The number of nitrogens with one attached hydrogen (secondary N) is 1. The molecular weight excluding hydrogens is 396 g/mol. The van der Waals surface area contributed by atoms with Crippen LogP contribution in [0.2, 0.25) is 5.02 Å². The van der Waals surface area contributed by atoms with Crippen LogP contribution in [0.1, 0.15) is 36.8 Å². The van der Waals surface area contributed by atoms with E-state index in [0.29, 0.717) is 12.6 Å². The second-order valence-electron chi connectivity index (χ2n) is 8.32. The molecule has 0 amide bonds. The summed E-state index contributed by atoms with van der Waals surface area (Å²) in [6, 6.07) is 14.0. The van der Waals surface area contributed by atoms with Crippen molar-refractivity contribution in [3.05, 3.63) is 58.6 Å². The Balaban J connectivity index is 1.51. The zero-order chi connectivity index (χ0) is 20.9. The number of nitrogens with zero attached hydrogens (tertiary/aromatic N) is 3. The number of aliphatic imine (C=N–C) groups is 1. The molecule has 6 heteroatoms. The maximum atomic E-state index is 9.75. The van der Waals surface area contributed by atoms with Crippen molar-refractivity contribution in [2.24, 2.45) is 4.99 Å². The highest BCUT2D eigenvalue weighted by molar-refractivity contribution is 6.31. The smallest absolute Gasteiger partial charge is 0.198 e. The SMILES string of the molecule is Cc1cc(O)ccc1NC(=NCc1ccccc1Cl)N1CCC(N2CCCC2)CC1. The Morgan fingerprint density at radius 2 is 1.83 bits per heavy atom. The number of likely N-dealkylation sites (tertiary alicyclic amines) is 2. The molecule has 0 bridgehead atoms. The molecule has 0 aromatic heterocycles. The maximum absolute atomic E-state index is 9.75. The molecule has 0 atom stereocenters. The normalized spacial score (nSPS) is 18.7. The third kappa shape index (κ3) is 5.08. The van der Waals surface area contributed by atoms with E-state index in [4.69, 9.17) is 16.6 Å². The fourth-order valence-electron chi connectivity index (χ4n) is 4.46. The average molecular weight is 427 g/mol. The minimum absolute atomic E-state index is 0.277. The quantitative estimate of drug-likeness (QED) is 0.415. The predicted octanol–water partition coefficient (Wildman–Crippen LogP) is 4.88. The fourth-order valence-corrected chi connectivity index (χ4v) is 4.66. The molecule has 2 aromatic carbocycles. The summed E-state index contributed by atoms with van der Waals surface area (Å²) in [5.41, 5.74) is 2.98. The van der Waals surface area contributed by atoms with Crippen molar-refractivity contribution in [3.63, 3.8) is 0 Å². The summed E-state index contributed by atoms with van der Waals surface area (Å²) in [5, 5.41) is 14.0. The Morgan fingerprint density at radius 3 is 2.53 bits per heavy atom. The molecule has 160 valence electrons. The molecule has 2 N–H and O–H groups in total. The lowest BCUT2D eigenvalue weighted by Crippen LogP contribution is -2.47. The average Bonchev–Trinajstić information content (AvgIpc) is 3.29. The first-order valence-corrected chi connectivity index (χ1v) is 11.3. The van der Waals surface area contributed by atoms with Crippen molar-refractivity contribution >= 4 is 23.2 Å². The number of hydrogen-bond donors (Lipinski definition) is 2. The van der Waals surface area contributed by atoms with Crippen molar-refractivity contribution in [2.45, 2.75) is 45.2 Å². The van der Waals surface area contributed by atoms with Crippen molar-refractivity contribution in [3.8, 4) is 5.75 Å². The van der Waals surface area contributed by atoms with Gasteiger partial charge in [0.2, 0.25) is 0 Å². The number of piperidine rings is 1. The van der Waals surface area contributed by atoms with Crippen LogP contribution in [0.3, 0.4) is 0 Å². The van der Waals surface area contributed by atoms with Gasteiger partial charge in [0.25, 0.3) is 0 Å². The third-order valence-corrected chi connectivity index (χ3v) is 6.60. The highest BCUT2D eigenvalue weighted by Gasteiger charge is 2.27. The highest BCUT2D eigenvalue weighted by Crippen LogP contribution is 2.24. The highest BCUT2D eigenvalue weighted by atomic mass is 35.5. The van der Waals surface area contributed by atoms with Gasteiger partial charge in [-0.25, -0.2) is 4.99 Å².